The van der Waals surface area contributed by atoms with E-state index in [9.17, 15) is 0 Å². The van der Waals surface area contributed by atoms with Gasteiger partial charge >= 0.3 is 0 Å². The fourth-order valence-electron chi connectivity index (χ4n) is 6.91. The Morgan fingerprint density at radius 1 is 0.425 bits per heavy atom. The van der Waals surface area contributed by atoms with Crippen LogP contribution in [0.15, 0.2) is 109 Å². The molecule has 7 rings (SSSR count). The van der Waals surface area contributed by atoms with Gasteiger partial charge < -0.3 is 5.32 Å². The molecule has 5 aromatic rings. The molecule has 0 saturated carbocycles. The molecular weight excluding hydrogens is 482 g/mol. The van der Waals surface area contributed by atoms with Crippen LogP contribution >= 0.6 is 0 Å². The van der Waals surface area contributed by atoms with Crippen LogP contribution in [-0.4, -0.2) is 0 Å². The van der Waals surface area contributed by atoms with Crippen molar-refractivity contribution in [1.29, 1.82) is 0 Å². The van der Waals surface area contributed by atoms with Crippen molar-refractivity contribution in [2.45, 2.75) is 57.8 Å². The Bertz CT molecular complexity index is 1710. The SMILES string of the molecule is CC(C)(C)c1cc(Nc2ccc3c(c2)-c2ccccc2C32c3ccccc3-c3ccccc32)cc(C(C)(C)C)c1. The predicted octanol–water partition coefficient (Wildman–Crippen LogP) is 10.4. The summed E-state index contributed by atoms with van der Waals surface area (Å²) in [5.74, 6) is 0. The highest BCUT2D eigenvalue weighted by Gasteiger charge is 2.51. The third-order valence-corrected chi connectivity index (χ3v) is 8.95. The van der Waals surface area contributed by atoms with Crippen molar-refractivity contribution in [3.05, 3.63) is 143 Å². The van der Waals surface area contributed by atoms with E-state index in [-0.39, 0.29) is 16.2 Å². The van der Waals surface area contributed by atoms with Crippen LogP contribution in [0.4, 0.5) is 11.4 Å². The van der Waals surface area contributed by atoms with E-state index in [0.717, 1.165) is 11.4 Å². The highest BCUT2D eigenvalue weighted by Crippen LogP contribution is 2.62. The molecule has 0 unspecified atom stereocenters. The van der Waals surface area contributed by atoms with Crippen LogP contribution in [0.1, 0.15) is 74.9 Å². The van der Waals surface area contributed by atoms with Gasteiger partial charge in [-0.3, -0.25) is 0 Å². The summed E-state index contributed by atoms with van der Waals surface area (Å²) in [6.07, 6.45) is 0. The van der Waals surface area contributed by atoms with Gasteiger partial charge in [0.05, 0.1) is 5.41 Å². The molecule has 0 aliphatic heterocycles. The van der Waals surface area contributed by atoms with Gasteiger partial charge in [-0.15, -0.1) is 0 Å². The molecule has 0 aromatic heterocycles. The molecule has 0 bridgehead atoms. The van der Waals surface area contributed by atoms with Gasteiger partial charge in [-0.05, 0) is 90.7 Å². The van der Waals surface area contributed by atoms with Crippen LogP contribution in [0.25, 0.3) is 22.3 Å². The Kier molecular flexibility index (Phi) is 5.26. The average Bonchev–Trinajstić information content (AvgIpc) is 3.39. The van der Waals surface area contributed by atoms with Crippen molar-refractivity contribution in [1.82, 2.24) is 0 Å². The molecule has 0 amide bonds. The molecule has 0 atom stereocenters. The first-order valence-corrected chi connectivity index (χ1v) is 14.5. The first-order chi connectivity index (χ1) is 19.1. The highest BCUT2D eigenvalue weighted by atomic mass is 14.9. The molecule has 5 aromatic carbocycles. The summed E-state index contributed by atoms with van der Waals surface area (Å²) < 4.78 is 0. The molecule has 1 N–H and O–H groups in total. The smallest absolute Gasteiger partial charge is 0.0725 e. The second kappa shape index (κ2) is 8.45. The van der Waals surface area contributed by atoms with E-state index in [0.29, 0.717) is 0 Å². The van der Waals surface area contributed by atoms with Crippen LogP contribution in [0.2, 0.25) is 0 Å². The molecule has 0 radical (unpaired) electrons. The fraction of sp³-hybridized carbons (Fsp3) is 0.231. The van der Waals surface area contributed by atoms with Gasteiger partial charge in [-0.1, -0.05) is 126 Å². The third kappa shape index (κ3) is 3.53. The minimum absolute atomic E-state index is 0.0736. The van der Waals surface area contributed by atoms with Gasteiger partial charge in [0.1, 0.15) is 0 Å². The first kappa shape index (κ1) is 24.9. The normalized spacial score (nSPS) is 14.4. The summed E-state index contributed by atoms with van der Waals surface area (Å²) in [5.41, 5.74) is 15.7. The number of fused-ring (bicyclic) bond motifs is 10. The Morgan fingerprint density at radius 3 is 1.32 bits per heavy atom. The van der Waals surface area contributed by atoms with E-state index < -0.39 is 0 Å². The number of benzene rings is 5. The maximum atomic E-state index is 3.81. The third-order valence-electron chi connectivity index (χ3n) is 8.95. The molecule has 0 heterocycles. The highest BCUT2D eigenvalue weighted by molar-refractivity contribution is 5.95. The van der Waals surface area contributed by atoms with Gasteiger partial charge in [0.25, 0.3) is 0 Å². The van der Waals surface area contributed by atoms with Crippen molar-refractivity contribution in [2.24, 2.45) is 0 Å². The Balaban J connectivity index is 1.41. The molecule has 40 heavy (non-hydrogen) atoms. The first-order valence-electron chi connectivity index (χ1n) is 14.5. The van der Waals surface area contributed by atoms with Crippen LogP contribution in [0, 0.1) is 0 Å². The topological polar surface area (TPSA) is 12.0 Å². The number of anilines is 2. The van der Waals surface area contributed by atoms with E-state index >= 15 is 0 Å². The number of nitrogens with one attached hydrogen (secondary N) is 1. The van der Waals surface area contributed by atoms with Gasteiger partial charge in [0.2, 0.25) is 0 Å². The Labute approximate surface area is 238 Å². The predicted molar refractivity (Wildman–Crippen MR) is 170 cm³/mol. The van der Waals surface area contributed by atoms with Crippen LogP contribution in [0.3, 0.4) is 0 Å². The van der Waals surface area contributed by atoms with Crippen LogP contribution in [0.5, 0.6) is 0 Å². The quantitative estimate of drug-likeness (QED) is 0.239. The number of hydrogen-bond acceptors (Lipinski definition) is 1. The summed E-state index contributed by atoms with van der Waals surface area (Å²) in [6.45, 7) is 13.8. The van der Waals surface area contributed by atoms with Crippen molar-refractivity contribution in [3.8, 4) is 22.3 Å². The minimum atomic E-state index is -0.288. The molecule has 0 fully saturated rings. The van der Waals surface area contributed by atoms with Crippen molar-refractivity contribution >= 4 is 11.4 Å². The van der Waals surface area contributed by atoms with E-state index in [4.69, 9.17) is 0 Å². The molecule has 2 aliphatic carbocycles. The second-order valence-electron chi connectivity index (χ2n) is 13.6. The largest absolute Gasteiger partial charge is 0.355 e. The van der Waals surface area contributed by atoms with Crippen LogP contribution < -0.4 is 5.32 Å². The van der Waals surface area contributed by atoms with Gasteiger partial charge in [0, 0.05) is 11.4 Å². The van der Waals surface area contributed by atoms with Gasteiger partial charge in [0.15, 0.2) is 0 Å². The van der Waals surface area contributed by atoms with Gasteiger partial charge in [-0.25, -0.2) is 0 Å². The summed E-state index contributed by atoms with van der Waals surface area (Å²) in [7, 11) is 0. The number of rotatable bonds is 2. The summed E-state index contributed by atoms with van der Waals surface area (Å²) in [4.78, 5) is 0. The zero-order chi connectivity index (χ0) is 27.9. The minimum Gasteiger partial charge on any atom is -0.355 e. The second-order valence-corrected chi connectivity index (χ2v) is 13.6. The van der Waals surface area contributed by atoms with E-state index in [1.54, 1.807) is 0 Å². The standard InChI is InChI=1S/C39H37N/c1-37(2,3)25-21-26(38(4,5)6)23-28(22-25)40-27-19-20-36-32(24-27)31-15-9-12-18-35(31)39(36)33-16-10-7-13-29(33)30-14-8-11-17-34(30)39/h7-24,40H,1-6H3. The lowest BCUT2D eigenvalue weighted by Gasteiger charge is -2.30. The van der Waals surface area contributed by atoms with Gasteiger partial charge in [-0.2, -0.15) is 0 Å². The molecule has 1 heteroatoms. The zero-order valence-electron chi connectivity index (χ0n) is 24.4. The van der Waals surface area contributed by atoms with Crippen molar-refractivity contribution in [2.75, 3.05) is 5.32 Å². The average molecular weight is 520 g/mol. The Morgan fingerprint density at radius 2 is 0.850 bits per heavy atom. The molecular formula is C39H37N. The zero-order valence-corrected chi connectivity index (χ0v) is 24.4. The van der Waals surface area contributed by atoms with E-state index in [2.05, 4.69) is 156 Å². The van der Waals surface area contributed by atoms with Crippen molar-refractivity contribution in [3.63, 3.8) is 0 Å². The number of hydrogen-bond donors (Lipinski definition) is 1. The summed E-state index contributed by atoms with van der Waals surface area (Å²) in [6, 6.07) is 41.0. The monoisotopic (exact) mass is 519 g/mol. The maximum Gasteiger partial charge on any atom is 0.0725 e. The van der Waals surface area contributed by atoms with Crippen LogP contribution in [-0.2, 0) is 16.2 Å². The lowest BCUT2D eigenvalue weighted by Crippen LogP contribution is -2.25. The molecule has 0 saturated heterocycles. The summed E-state index contributed by atoms with van der Waals surface area (Å²) >= 11 is 0. The lowest BCUT2D eigenvalue weighted by atomic mass is 9.70. The maximum absolute atomic E-state index is 3.81. The molecule has 2 aliphatic rings. The van der Waals surface area contributed by atoms with E-state index in [1.165, 1.54) is 55.6 Å². The van der Waals surface area contributed by atoms with E-state index in [1.807, 2.05) is 0 Å². The van der Waals surface area contributed by atoms with Crippen molar-refractivity contribution < 1.29 is 0 Å². The summed E-state index contributed by atoms with van der Waals surface area (Å²) in [5, 5.41) is 3.81. The Hall–Kier alpha value is -4.10. The molecule has 1 nitrogen and oxygen atoms in total. The lowest BCUT2D eigenvalue weighted by molar-refractivity contribution is 0.569. The fourth-order valence-corrected chi connectivity index (χ4v) is 6.91. The molecule has 198 valence electrons. The molecule has 1 spiro atoms.